The van der Waals surface area contributed by atoms with Gasteiger partial charge in [0.05, 0.1) is 7.11 Å². The van der Waals surface area contributed by atoms with E-state index in [-0.39, 0.29) is 5.92 Å². The summed E-state index contributed by atoms with van der Waals surface area (Å²) in [7, 11) is 1.67. The Morgan fingerprint density at radius 1 is 1.00 bits per heavy atom. The maximum atomic E-state index is 12.9. The zero-order valence-corrected chi connectivity index (χ0v) is 12.8. The van der Waals surface area contributed by atoms with Crippen molar-refractivity contribution in [2.45, 2.75) is 32.6 Å². The van der Waals surface area contributed by atoms with Gasteiger partial charge in [-0.1, -0.05) is 44.0 Å². The summed E-state index contributed by atoms with van der Waals surface area (Å²) < 4.78 is 5.41. The van der Waals surface area contributed by atoms with Crippen LogP contribution in [0.25, 0.3) is 10.8 Å². The molecular weight excluding hydrogens is 260 g/mol. The number of fused-ring (bicyclic) bond motifs is 1. The molecule has 0 aromatic heterocycles. The predicted molar refractivity (Wildman–Crippen MR) is 86.0 cm³/mol. The molecule has 0 aliphatic heterocycles. The highest BCUT2D eigenvalue weighted by atomic mass is 16.5. The Morgan fingerprint density at radius 2 is 1.67 bits per heavy atom. The van der Waals surface area contributed by atoms with Gasteiger partial charge in [-0.15, -0.1) is 0 Å². The summed E-state index contributed by atoms with van der Waals surface area (Å²) >= 11 is 0. The second-order valence-electron chi connectivity index (χ2n) is 6.18. The van der Waals surface area contributed by atoms with Crippen LogP contribution in [0, 0.1) is 11.8 Å². The lowest BCUT2D eigenvalue weighted by molar-refractivity contribution is 0.0877. The van der Waals surface area contributed by atoms with Crippen molar-refractivity contribution in [3.8, 4) is 5.75 Å². The largest absolute Gasteiger partial charge is 0.496 e. The number of ketones is 1. The summed E-state index contributed by atoms with van der Waals surface area (Å²) in [5, 5.41) is 2.04. The van der Waals surface area contributed by atoms with Gasteiger partial charge in [-0.2, -0.15) is 0 Å². The smallest absolute Gasteiger partial charge is 0.166 e. The average Bonchev–Trinajstić information content (AvgIpc) is 2.54. The molecule has 1 fully saturated rings. The highest BCUT2D eigenvalue weighted by Gasteiger charge is 2.26. The van der Waals surface area contributed by atoms with Crippen LogP contribution in [0.5, 0.6) is 5.75 Å². The minimum absolute atomic E-state index is 0.193. The molecule has 0 heterocycles. The SMILES string of the molecule is COc1ccc(C(=O)C2CCC(C)CC2)c2ccccc12. The molecule has 3 rings (SSSR count). The van der Waals surface area contributed by atoms with Gasteiger partial charge in [-0.25, -0.2) is 0 Å². The van der Waals surface area contributed by atoms with E-state index in [0.29, 0.717) is 5.78 Å². The molecule has 0 amide bonds. The number of carbonyl (C=O) groups excluding carboxylic acids is 1. The Hall–Kier alpha value is -1.83. The highest BCUT2D eigenvalue weighted by Crippen LogP contribution is 2.34. The topological polar surface area (TPSA) is 26.3 Å². The van der Waals surface area contributed by atoms with Gasteiger partial charge >= 0.3 is 0 Å². The number of Topliss-reactive ketones (excluding diaryl/α,β-unsaturated/α-hetero) is 1. The number of methoxy groups -OCH3 is 1. The van der Waals surface area contributed by atoms with Crippen LogP contribution < -0.4 is 4.74 Å². The molecule has 0 N–H and O–H groups in total. The molecule has 1 aliphatic rings. The van der Waals surface area contributed by atoms with E-state index in [9.17, 15) is 4.79 Å². The Kier molecular flexibility index (Phi) is 3.96. The van der Waals surface area contributed by atoms with Crippen LogP contribution in [-0.2, 0) is 0 Å². The number of carbonyl (C=O) groups is 1. The molecular formula is C19H22O2. The van der Waals surface area contributed by atoms with Crippen molar-refractivity contribution in [2.75, 3.05) is 7.11 Å². The lowest BCUT2D eigenvalue weighted by Crippen LogP contribution is -2.21. The van der Waals surface area contributed by atoms with Gasteiger partial charge in [0.15, 0.2) is 5.78 Å². The normalized spacial score (nSPS) is 22.2. The third-order valence-corrected chi connectivity index (χ3v) is 4.76. The Balaban J connectivity index is 1.99. The van der Waals surface area contributed by atoms with E-state index in [4.69, 9.17) is 4.74 Å². The number of benzene rings is 2. The second-order valence-corrected chi connectivity index (χ2v) is 6.18. The molecule has 2 heteroatoms. The first-order valence-corrected chi connectivity index (χ1v) is 7.80. The van der Waals surface area contributed by atoms with Crippen LogP contribution in [-0.4, -0.2) is 12.9 Å². The zero-order valence-electron chi connectivity index (χ0n) is 12.8. The summed E-state index contributed by atoms with van der Waals surface area (Å²) in [6.45, 7) is 2.28. The Bertz CT molecular complexity index is 652. The Labute approximate surface area is 126 Å². The predicted octanol–water partition coefficient (Wildman–Crippen LogP) is 4.86. The van der Waals surface area contributed by atoms with Crippen LogP contribution in [0.15, 0.2) is 36.4 Å². The van der Waals surface area contributed by atoms with Crippen LogP contribution in [0.4, 0.5) is 0 Å². The first-order valence-electron chi connectivity index (χ1n) is 7.80. The van der Waals surface area contributed by atoms with E-state index in [2.05, 4.69) is 6.92 Å². The summed E-state index contributed by atoms with van der Waals surface area (Å²) in [6.07, 6.45) is 4.40. The summed E-state index contributed by atoms with van der Waals surface area (Å²) in [6, 6.07) is 11.9. The van der Waals surface area contributed by atoms with Crippen LogP contribution in [0.3, 0.4) is 0 Å². The van der Waals surface area contributed by atoms with Crippen LogP contribution in [0.2, 0.25) is 0 Å². The second kappa shape index (κ2) is 5.88. The molecule has 2 nitrogen and oxygen atoms in total. The van der Waals surface area contributed by atoms with Crippen LogP contribution in [0.1, 0.15) is 43.0 Å². The van der Waals surface area contributed by atoms with E-state index >= 15 is 0 Å². The first kappa shape index (κ1) is 14.1. The maximum Gasteiger partial charge on any atom is 0.166 e. The first-order chi connectivity index (χ1) is 10.2. The van der Waals surface area contributed by atoms with Crippen molar-refractivity contribution >= 4 is 16.6 Å². The lowest BCUT2D eigenvalue weighted by Gasteiger charge is -2.25. The minimum atomic E-state index is 0.193. The van der Waals surface area contributed by atoms with Crippen molar-refractivity contribution in [2.24, 2.45) is 11.8 Å². The monoisotopic (exact) mass is 282 g/mol. The Morgan fingerprint density at radius 3 is 2.33 bits per heavy atom. The molecule has 0 saturated heterocycles. The molecule has 2 aromatic carbocycles. The summed E-state index contributed by atoms with van der Waals surface area (Å²) in [4.78, 5) is 12.9. The standard InChI is InChI=1S/C19H22O2/c1-13-7-9-14(10-8-13)19(20)17-11-12-18(21-2)16-6-4-3-5-15(16)17/h3-6,11-14H,7-10H2,1-2H3. The van der Waals surface area contributed by atoms with E-state index in [1.807, 2.05) is 36.4 Å². The molecule has 0 bridgehead atoms. The van der Waals surface area contributed by atoms with Gasteiger partial charge in [-0.05, 0) is 36.3 Å². The van der Waals surface area contributed by atoms with Gasteiger partial charge in [-0.3, -0.25) is 4.79 Å². The molecule has 1 aliphatic carbocycles. The molecule has 2 aromatic rings. The molecule has 21 heavy (non-hydrogen) atoms. The molecule has 1 saturated carbocycles. The minimum Gasteiger partial charge on any atom is -0.496 e. The number of hydrogen-bond acceptors (Lipinski definition) is 2. The molecule has 0 unspecified atom stereocenters. The number of rotatable bonds is 3. The van der Waals surface area contributed by atoms with Crippen molar-refractivity contribution in [3.63, 3.8) is 0 Å². The van der Waals surface area contributed by atoms with Gasteiger partial charge in [0.1, 0.15) is 5.75 Å². The maximum absolute atomic E-state index is 12.9. The van der Waals surface area contributed by atoms with Gasteiger partial charge in [0.25, 0.3) is 0 Å². The summed E-state index contributed by atoms with van der Waals surface area (Å²) in [5.41, 5.74) is 0.853. The average molecular weight is 282 g/mol. The lowest BCUT2D eigenvalue weighted by atomic mass is 9.79. The van der Waals surface area contributed by atoms with Gasteiger partial charge in [0.2, 0.25) is 0 Å². The fourth-order valence-corrected chi connectivity index (χ4v) is 3.41. The van der Waals surface area contributed by atoms with Gasteiger partial charge in [0, 0.05) is 16.9 Å². The van der Waals surface area contributed by atoms with Crippen molar-refractivity contribution < 1.29 is 9.53 Å². The highest BCUT2D eigenvalue weighted by molar-refractivity contribution is 6.10. The van der Waals surface area contributed by atoms with Crippen molar-refractivity contribution in [1.29, 1.82) is 0 Å². The third-order valence-electron chi connectivity index (χ3n) is 4.76. The molecule has 110 valence electrons. The van der Waals surface area contributed by atoms with Crippen molar-refractivity contribution in [1.82, 2.24) is 0 Å². The fraction of sp³-hybridized carbons (Fsp3) is 0.421. The number of hydrogen-bond donors (Lipinski definition) is 0. The van der Waals surface area contributed by atoms with E-state index in [1.165, 1.54) is 12.8 Å². The summed E-state index contributed by atoms with van der Waals surface area (Å²) in [5.74, 6) is 2.10. The fourth-order valence-electron chi connectivity index (χ4n) is 3.41. The number of ether oxygens (including phenoxy) is 1. The van der Waals surface area contributed by atoms with Crippen LogP contribution >= 0.6 is 0 Å². The van der Waals surface area contributed by atoms with Crippen molar-refractivity contribution in [3.05, 3.63) is 42.0 Å². The molecule has 0 spiro atoms. The van der Waals surface area contributed by atoms with E-state index in [0.717, 1.165) is 40.8 Å². The molecule has 0 radical (unpaired) electrons. The van der Waals surface area contributed by atoms with E-state index in [1.54, 1.807) is 7.11 Å². The zero-order chi connectivity index (χ0) is 14.8. The third kappa shape index (κ3) is 2.67. The molecule has 0 atom stereocenters. The van der Waals surface area contributed by atoms with E-state index < -0.39 is 0 Å². The quantitative estimate of drug-likeness (QED) is 0.752. The van der Waals surface area contributed by atoms with Gasteiger partial charge < -0.3 is 4.74 Å².